The van der Waals surface area contributed by atoms with E-state index in [1.165, 1.54) is 25.3 Å². The number of ether oxygens (including phenoxy) is 2. The molecule has 0 saturated carbocycles. The fourth-order valence-corrected chi connectivity index (χ4v) is 1.89. The molecule has 0 aromatic heterocycles. The van der Waals surface area contributed by atoms with Crippen LogP contribution in [-0.4, -0.2) is 24.3 Å². The second-order valence-electron chi connectivity index (χ2n) is 4.31. The van der Waals surface area contributed by atoms with Gasteiger partial charge in [0.1, 0.15) is 23.9 Å². The van der Waals surface area contributed by atoms with Crippen molar-refractivity contribution in [3.05, 3.63) is 52.8 Å². The summed E-state index contributed by atoms with van der Waals surface area (Å²) in [4.78, 5) is 0. The number of hydrogen-bond acceptors (Lipinski definition) is 4. The molecule has 2 aromatic carbocycles. The van der Waals surface area contributed by atoms with Crippen LogP contribution in [-0.2, 0) is 6.61 Å². The largest absolute Gasteiger partial charge is 0.497 e. The van der Waals surface area contributed by atoms with Gasteiger partial charge in [0.15, 0.2) is 0 Å². The maximum absolute atomic E-state index is 13.3. The van der Waals surface area contributed by atoms with Crippen molar-refractivity contribution in [1.29, 1.82) is 0 Å². The highest BCUT2D eigenvalue weighted by Crippen LogP contribution is 2.19. The van der Waals surface area contributed by atoms with Gasteiger partial charge in [0.05, 0.1) is 12.1 Å². The van der Waals surface area contributed by atoms with E-state index in [2.05, 4.69) is 0 Å². The fourth-order valence-electron chi connectivity index (χ4n) is 1.78. The molecule has 0 unspecified atom stereocenters. The van der Waals surface area contributed by atoms with Crippen LogP contribution in [0.3, 0.4) is 0 Å². The van der Waals surface area contributed by atoms with Crippen LogP contribution in [0.15, 0.2) is 36.4 Å². The first-order valence-corrected chi connectivity index (χ1v) is 6.50. The number of methoxy groups -OCH3 is 1. The molecule has 0 heterocycles. The van der Waals surface area contributed by atoms with E-state index >= 15 is 0 Å². The van der Waals surface area contributed by atoms with Gasteiger partial charge >= 0.3 is 7.12 Å². The Morgan fingerprint density at radius 3 is 2.57 bits per heavy atom. The van der Waals surface area contributed by atoms with Crippen LogP contribution in [0.25, 0.3) is 0 Å². The minimum atomic E-state index is -1.70. The predicted molar refractivity (Wildman–Crippen MR) is 78.6 cm³/mol. The van der Waals surface area contributed by atoms with Crippen molar-refractivity contribution in [2.45, 2.75) is 6.61 Å². The fraction of sp³-hybridized carbons (Fsp3) is 0.143. The third-order valence-corrected chi connectivity index (χ3v) is 3.18. The second kappa shape index (κ2) is 6.80. The highest BCUT2D eigenvalue weighted by atomic mass is 35.5. The first kappa shape index (κ1) is 15.6. The Morgan fingerprint density at radius 1 is 1.19 bits per heavy atom. The van der Waals surface area contributed by atoms with E-state index in [0.717, 1.165) is 0 Å². The lowest BCUT2D eigenvalue weighted by atomic mass is 9.79. The van der Waals surface area contributed by atoms with Gasteiger partial charge in [-0.1, -0.05) is 17.7 Å². The van der Waals surface area contributed by atoms with Crippen molar-refractivity contribution in [1.82, 2.24) is 0 Å². The van der Waals surface area contributed by atoms with Crippen molar-refractivity contribution in [3.8, 4) is 11.5 Å². The lowest BCUT2D eigenvalue weighted by Crippen LogP contribution is -2.31. The van der Waals surface area contributed by atoms with E-state index in [4.69, 9.17) is 21.1 Å². The first-order valence-electron chi connectivity index (χ1n) is 6.12. The highest BCUT2D eigenvalue weighted by molar-refractivity contribution is 6.59. The molecule has 0 spiro atoms. The molecule has 0 aliphatic rings. The molecule has 0 aliphatic carbocycles. The average molecular weight is 311 g/mol. The van der Waals surface area contributed by atoms with E-state index in [1.54, 1.807) is 18.2 Å². The number of halogens is 2. The molecule has 2 rings (SSSR count). The summed E-state index contributed by atoms with van der Waals surface area (Å²) in [5.41, 5.74) is 0.745. The van der Waals surface area contributed by atoms with Crippen LogP contribution in [0, 0.1) is 5.82 Å². The maximum atomic E-state index is 13.3. The Balaban J connectivity index is 2.17. The Hall–Kier alpha value is -1.76. The Morgan fingerprint density at radius 2 is 1.95 bits per heavy atom. The van der Waals surface area contributed by atoms with E-state index in [9.17, 15) is 14.4 Å². The molecule has 4 nitrogen and oxygen atoms in total. The number of hydrogen-bond donors (Lipinski definition) is 2. The van der Waals surface area contributed by atoms with Crippen LogP contribution in [0.1, 0.15) is 5.56 Å². The summed E-state index contributed by atoms with van der Waals surface area (Å²) in [7, 11) is -0.225. The van der Waals surface area contributed by atoms with Crippen LogP contribution in [0.2, 0.25) is 5.02 Å². The number of benzene rings is 2. The molecule has 110 valence electrons. The maximum Gasteiger partial charge on any atom is 0.492 e. The van der Waals surface area contributed by atoms with Crippen molar-refractivity contribution < 1.29 is 23.9 Å². The van der Waals surface area contributed by atoms with Gasteiger partial charge in [-0.25, -0.2) is 4.39 Å². The lowest BCUT2D eigenvalue weighted by Gasteiger charge is -2.12. The van der Waals surface area contributed by atoms with Crippen molar-refractivity contribution in [2.24, 2.45) is 0 Å². The topological polar surface area (TPSA) is 58.9 Å². The molecular weight excluding hydrogens is 297 g/mol. The summed E-state index contributed by atoms with van der Waals surface area (Å²) in [6.45, 7) is 0.0696. The van der Waals surface area contributed by atoms with E-state index < -0.39 is 12.9 Å². The van der Waals surface area contributed by atoms with Gasteiger partial charge in [0.2, 0.25) is 0 Å². The lowest BCUT2D eigenvalue weighted by molar-refractivity contribution is 0.305. The monoisotopic (exact) mass is 310 g/mol. The van der Waals surface area contributed by atoms with Gasteiger partial charge in [-0.05, 0) is 35.9 Å². The van der Waals surface area contributed by atoms with E-state index in [0.29, 0.717) is 11.3 Å². The Bertz CT molecular complexity index is 636. The van der Waals surface area contributed by atoms with Gasteiger partial charge in [0.25, 0.3) is 0 Å². The summed E-state index contributed by atoms with van der Waals surface area (Å²) in [5.74, 6) is 0.221. The molecule has 0 radical (unpaired) electrons. The zero-order valence-electron chi connectivity index (χ0n) is 11.2. The normalized spacial score (nSPS) is 10.3. The summed E-state index contributed by atoms with van der Waals surface area (Å²) in [6, 6.07) is 8.97. The predicted octanol–water partition coefficient (Wildman–Crippen LogP) is 1.75. The summed E-state index contributed by atoms with van der Waals surface area (Å²) >= 11 is 5.60. The second-order valence-corrected chi connectivity index (χ2v) is 4.72. The molecule has 0 atom stereocenters. The first-order chi connectivity index (χ1) is 10.0. The molecule has 7 heteroatoms. The van der Waals surface area contributed by atoms with Crippen LogP contribution in [0.5, 0.6) is 11.5 Å². The van der Waals surface area contributed by atoms with Crippen molar-refractivity contribution in [2.75, 3.05) is 7.11 Å². The molecule has 0 fully saturated rings. The van der Waals surface area contributed by atoms with Gasteiger partial charge in [0, 0.05) is 5.46 Å². The zero-order chi connectivity index (χ0) is 15.4. The van der Waals surface area contributed by atoms with Crippen LogP contribution >= 0.6 is 11.6 Å². The van der Waals surface area contributed by atoms with E-state index in [-0.39, 0.29) is 22.8 Å². The van der Waals surface area contributed by atoms with Crippen LogP contribution in [0.4, 0.5) is 4.39 Å². The van der Waals surface area contributed by atoms with Gasteiger partial charge in [-0.2, -0.15) is 0 Å². The van der Waals surface area contributed by atoms with Gasteiger partial charge in [-0.15, -0.1) is 0 Å². The Labute approximate surface area is 126 Å². The number of rotatable bonds is 5. The van der Waals surface area contributed by atoms with Crippen molar-refractivity contribution >= 4 is 24.2 Å². The molecule has 2 aromatic rings. The van der Waals surface area contributed by atoms with Crippen molar-refractivity contribution in [3.63, 3.8) is 0 Å². The Kier molecular flexibility index (Phi) is 5.06. The highest BCUT2D eigenvalue weighted by Gasteiger charge is 2.18. The molecule has 0 bridgehead atoms. The standard InChI is InChI=1S/C14H13BClFO4/c1-20-10-3-5-14(11(7-10)15(18)19)21-8-9-2-4-12(16)13(17)6-9/h2-7,18-19H,8H2,1H3. The molecule has 0 amide bonds. The minimum absolute atomic E-state index is 0.0367. The van der Waals surface area contributed by atoms with Gasteiger partial charge in [-0.3, -0.25) is 0 Å². The SMILES string of the molecule is COc1ccc(OCc2ccc(Cl)c(F)c2)c(B(O)O)c1. The quantitative estimate of drug-likeness (QED) is 0.826. The minimum Gasteiger partial charge on any atom is -0.497 e. The molecule has 21 heavy (non-hydrogen) atoms. The molecule has 0 aliphatic heterocycles. The summed E-state index contributed by atoms with van der Waals surface area (Å²) < 4.78 is 23.8. The third kappa shape index (κ3) is 3.88. The van der Waals surface area contributed by atoms with Crippen LogP contribution < -0.4 is 14.9 Å². The zero-order valence-corrected chi connectivity index (χ0v) is 12.0. The van der Waals surface area contributed by atoms with Gasteiger partial charge < -0.3 is 19.5 Å². The summed E-state index contributed by atoms with van der Waals surface area (Å²) in [6.07, 6.45) is 0. The van der Waals surface area contributed by atoms with E-state index in [1.807, 2.05) is 0 Å². The third-order valence-electron chi connectivity index (χ3n) is 2.87. The summed E-state index contributed by atoms with van der Waals surface area (Å²) in [5, 5.41) is 18.7. The smallest absolute Gasteiger partial charge is 0.492 e. The average Bonchev–Trinajstić information content (AvgIpc) is 2.48. The molecular formula is C14H13BClFO4. The molecule has 2 N–H and O–H groups in total. The molecule has 0 saturated heterocycles.